The SMILES string of the molecule is CCC(C)(C)N(C)C(C)CCNC(C)(C)C. The lowest BCUT2D eigenvalue weighted by Crippen LogP contribution is -2.47. The zero-order valence-electron chi connectivity index (χ0n) is 12.6. The average Bonchev–Trinajstić information content (AvgIpc) is 2.14. The smallest absolute Gasteiger partial charge is 0.0150 e. The minimum atomic E-state index is 0.235. The summed E-state index contributed by atoms with van der Waals surface area (Å²) in [6.07, 6.45) is 2.40. The number of rotatable bonds is 6. The molecule has 0 aromatic heterocycles. The molecule has 0 aliphatic heterocycles. The van der Waals surface area contributed by atoms with Gasteiger partial charge in [-0.15, -0.1) is 0 Å². The molecule has 0 heterocycles. The van der Waals surface area contributed by atoms with Crippen LogP contribution in [0.3, 0.4) is 0 Å². The Balaban J connectivity index is 4.02. The first-order valence-corrected chi connectivity index (χ1v) is 6.58. The maximum absolute atomic E-state index is 3.55. The first kappa shape index (κ1) is 15.9. The molecule has 0 aliphatic carbocycles. The van der Waals surface area contributed by atoms with Crippen LogP contribution < -0.4 is 5.32 Å². The third-order valence-electron chi connectivity index (χ3n) is 3.70. The Kier molecular flexibility index (Phi) is 5.99. The van der Waals surface area contributed by atoms with E-state index >= 15 is 0 Å². The van der Waals surface area contributed by atoms with Crippen molar-refractivity contribution < 1.29 is 0 Å². The van der Waals surface area contributed by atoms with Crippen LogP contribution in [0, 0.1) is 0 Å². The molecule has 2 heteroatoms. The lowest BCUT2D eigenvalue weighted by Gasteiger charge is -2.39. The van der Waals surface area contributed by atoms with Crippen molar-refractivity contribution in [1.29, 1.82) is 0 Å². The second-order valence-corrected chi connectivity index (χ2v) is 6.59. The van der Waals surface area contributed by atoms with Crippen molar-refractivity contribution in [2.45, 2.75) is 78.4 Å². The van der Waals surface area contributed by atoms with Gasteiger partial charge < -0.3 is 5.32 Å². The average molecular weight is 228 g/mol. The highest BCUT2D eigenvalue weighted by molar-refractivity contribution is 4.82. The minimum absolute atomic E-state index is 0.235. The highest BCUT2D eigenvalue weighted by atomic mass is 15.2. The molecule has 0 spiro atoms. The van der Waals surface area contributed by atoms with E-state index in [0.717, 1.165) is 6.54 Å². The first-order valence-electron chi connectivity index (χ1n) is 6.58. The van der Waals surface area contributed by atoms with Crippen molar-refractivity contribution in [2.75, 3.05) is 13.6 Å². The molecule has 0 amide bonds. The Bertz CT molecular complexity index is 191. The Hall–Kier alpha value is -0.0800. The molecule has 1 atom stereocenters. The molecule has 0 bridgehead atoms. The van der Waals surface area contributed by atoms with Crippen molar-refractivity contribution in [1.82, 2.24) is 10.2 Å². The predicted molar refractivity (Wildman–Crippen MR) is 74.0 cm³/mol. The van der Waals surface area contributed by atoms with Gasteiger partial charge in [-0.2, -0.15) is 0 Å². The van der Waals surface area contributed by atoms with E-state index in [1.54, 1.807) is 0 Å². The van der Waals surface area contributed by atoms with Gasteiger partial charge >= 0.3 is 0 Å². The molecule has 98 valence electrons. The van der Waals surface area contributed by atoms with Crippen LogP contribution in [0.15, 0.2) is 0 Å². The van der Waals surface area contributed by atoms with Gasteiger partial charge in [0.2, 0.25) is 0 Å². The van der Waals surface area contributed by atoms with Crippen LogP contribution in [0.5, 0.6) is 0 Å². The van der Waals surface area contributed by atoms with E-state index in [-0.39, 0.29) is 5.54 Å². The summed E-state index contributed by atoms with van der Waals surface area (Å²) in [4.78, 5) is 2.50. The molecule has 0 rings (SSSR count). The maximum atomic E-state index is 3.55. The Morgan fingerprint density at radius 2 is 1.62 bits per heavy atom. The van der Waals surface area contributed by atoms with Gasteiger partial charge in [0.05, 0.1) is 0 Å². The largest absolute Gasteiger partial charge is 0.312 e. The normalized spacial score (nSPS) is 15.6. The Labute approximate surface area is 103 Å². The summed E-state index contributed by atoms with van der Waals surface area (Å²) in [5.74, 6) is 0. The van der Waals surface area contributed by atoms with Crippen LogP contribution >= 0.6 is 0 Å². The van der Waals surface area contributed by atoms with Crippen molar-refractivity contribution in [3.63, 3.8) is 0 Å². The summed E-state index contributed by atoms with van der Waals surface area (Å²) in [7, 11) is 2.24. The van der Waals surface area contributed by atoms with E-state index in [2.05, 4.69) is 65.7 Å². The van der Waals surface area contributed by atoms with Crippen LogP contribution in [0.2, 0.25) is 0 Å². The molecule has 0 aromatic carbocycles. The Morgan fingerprint density at radius 1 is 1.12 bits per heavy atom. The van der Waals surface area contributed by atoms with Gasteiger partial charge in [-0.1, -0.05) is 6.92 Å². The van der Waals surface area contributed by atoms with E-state index in [1.807, 2.05) is 0 Å². The van der Waals surface area contributed by atoms with E-state index in [0.29, 0.717) is 11.6 Å². The third-order valence-corrected chi connectivity index (χ3v) is 3.70. The topological polar surface area (TPSA) is 15.3 Å². The monoisotopic (exact) mass is 228 g/mol. The fraction of sp³-hybridized carbons (Fsp3) is 1.00. The molecule has 2 nitrogen and oxygen atoms in total. The summed E-state index contributed by atoms with van der Waals surface area (Å²) < 4.78 is 0. The molecule has 0 aromatic rings. The molecule has 0 radical (unpaired) electrons. The molecule has 0 aliphatic rings. The molecule has 0 saturated heterocycles. The van der Waals surface area contributed by atoms with E-state index < -0.39 is 0 Å². The molecule has 0 fully saturated rings. The zero-order chi connectivity index (χ0) is 13.0. The van der Waals surface area contributed by atoms with Gasteiger partial charge in [0.15, 0.2) is 0 Å². The first-order chi connectivity index (χ1) is 7.10. The second kappa shape index (κ2) is 6.02. The molecule has 0 saturated carbocycles. The predicted octanol–water partition coefficient (Wildman–Crippen LogP) is 3.27. The van der Waals surface area contributed by atoms with E-state index in [4.69, 9.17) is 0 Å². The Morgan fingerprint density at radius 3 is 2.00 bits per heavy atom. The maximum Gasteiger partial charge on any atom is 0.0150 e. The van der Waals surface area contributed by atoms with Crippen molar-refractivity contribution >= 4 is 0 Å². The van der Waals surface area contributed by atoms with Crippen molar-refractivity contribution in [3.8, 4) is 0 Å². The second-order valence-electron chi connectivity index (χ2n) is 6.59. The summed E-state index contributed by atoms with van der Waals surface area (Å²) in [6, 6.07) is 0.629. The standard InChI is InChI=1S/C14H32N2/c1-9-14(6,7)16(8)12(2)10-11-15-13(3,4)5/h12,15H,9-11H2,1-8H3. The molecular formula is C14H32N2. The van der Waals surface area contributed by atoms with Crippen LogP contribution in [-0.4, -0.2) is 35.6 Å². The quantitative estimate of drug-likeness (QED) is 0.750. The van der Waals surface area contributed by atoms with Crippen LogP contribution in [-0.2, 0) is 0 Å². The van der Waals surface area contributed by atoms with Crippen LogP contribution in [0.4, 0.5) is 0 Å². The molecule has 1 unspecified atom stereocenters. The number of nitrogens with zero attached hydrogens (tertiary/aromatic N) is 1. The number of hydrogen-bond acceptors (Lipinski definition) is 2. The van der Waals surface area contributed by atoms with Crippen molar-refractivity contribution in [2.24, 2.45) is 0 Å². The molecule has 1 N–H and O–H groups in total. The lowest BCUT2D eigenvalue weighted by atomic mass is 9.97. The number of nitrogens with one attached hydrogen (secondary N) is 1. The summed E-state index contributed by atoms with van der Waals surface area (Å²) in [5.41, 5.74) is 0.541. The third kappa shape index (κ3) is 5.86. The summed E-state index contributed by atoms with van der Waals surface area (Å²) in [5, 5.41) is 3.55. The number of hydrogen-bond donors (Lipinski definition) is 1. The molecular weight excluding hydrogens is 196 g/mol. The van der Waals surface area contributed by atoms with Gasteiger partial charge in [-0.05, 0) is 68.0 Å². The fourth-order valence-electron chi connectivity index (χ4n) is 1.70. The van der Waals surface area contributed by atoms with Gasteiger partial charge in [-0.25, -0.2) is 0 Å². The molecule has 16 heavy (non-hydrogen) atoms. The zero-order valence-corrected chi connectivity index (χ0v) is 12.6. The lowest BCUT2D eigenvalue weighted by molar-refractivity contribution is 0.0999. The van der Waals surface area contributed by atoms with Gasteiger partial charge in [0, 0.05) is 17.1 Å². The van der Waals surface area contributed by atoms with Crippen molar-refractivity contribution in [3.05, 3.63) is 0 Å². The highest BCUT2D eigenvalue weighted by Crippen LogP contribution is 2.20. The fourth-order valence-corrected chi connectivity index (χ4v) is 1.70. The van der Waals surface area contributed by atoms with Gasteiger partial charge in [0.25, 0.3) is 0 Å². The van der Waals surface area contributed by atoms with E-state index in [1.165, 1.54) is 12.8 Å². The minimum Gasteiger partial charge on any atom is -0.312 e. The van der Waals surface area contributed by atoms with Gasteiger partial charge in [-0.3, -0.25) is 4.90 Å². The summed E-state index contributed by atoms with van der Waals surface area (Å²) >= 11 is 0. The van der Waals surface area contributed by atoms with Crippen LogP contribution in [0.25, 0.3) is 0 Å². The summed E-state index contributed by atoms with van der Waals surface area (Å²) in [6.45, 7) is 17.0. The van der Waals surface area contributed by atoms with Gasteiger partial charge in [0.1, 0.15) is 0 Å². The van der Waals surface area contributed by atoms with Crippen LogP contribution in [0.1, 0.15) is 61.3 Å². The highest BCUT2D eigenvalue weighted by Gasteiger charge is 2.25. The van der Waals surface area contributed by atoms with E-state index in [9.17, 15) is 0 Å².